The van der Waals surface area contributed by atoms with Crippen LogP contribution in [0.4, 0.5) is 17.6 Å². The van der Waals surface area contributed by atoms with E-state index < -0.39 is 41.5 Å². The number of benzene rings is 1. The third-order valence-corrected chi connectivity index (χ3v) is 1.91. The molecule has 0 bridgehead atoms. The van der Waals surface area contributed by atoms with Crippen molar-refractivity contribution in [3.63, 3.8) is 0 Å². The maximum Gasteiger partial charge on any atom is 0.419 e. The van der Waals surface area contributed by atoms with E-state index in [4.69, 9.17) is 5.73 Å². The van der Waals surface area contributed by atoms with E-state index in [0.717, 1.165) is 6.07 Å². The molecule has 0 saturated carbocycles. The molecule has 3 N–H and O–H groups in total. The maximum absolute atomic E-state index is 12.9. The Bertz CT molecular complexity index is 502. The summed E-state index contributed by atoms with van der Waals surface area (Å²) in [6.45, 7) is -0.640. The van der Waals surface area contributed by atoms with Crippen LogP contribution in [-0.4, -0.2) is 18.4 Å². The van der Waals surface area contributed by atoms with E-state index in [-0.39, 0.29) is 0 Å². The van der Waals surface area contributed by atoms with Crippen LogP contribution >= 0.6 is 0 Å². The minimum Gasteiger partial charge on any atom is -0.368 e. The Hall–Kier alpha value is -2.16. The molecule has 0 atom stereocenters. The highest BCUT2D eigenvalue weighted by molar-refractivity contribution is 5.93. The minimum atomic E-state index is -4.92. The van der Waals surface area contributed by atoms with Crippen LogP contribution in [0.25, 0.3) is 0 Å². The number of rotatable bonds is 4. The molecule has 0 spiro atoms. The van der Waals surface area contributed by atoms with Crippen LogP contribution < -0.4 is 11.2 Å². The van der Waals surface area contributed by atoms with Gasteiger partial charge in [-0.2, -0.15) is 13.2 Å². The smallest absolute Gasteiger partial charge is 0.368 e. The fourth-order valence-corrected chi connectivity index (χ4v) is 1.12. The number of amides is 2. The van der Waals surface area contributed by atoms with Crippen molar-refractivity contribution >= 4 is 11.8 Å². The second-order valence-corrected chi connectivity index (χ2v) is 3.38. The summed E-state index contributed by atoms with van der Waals surface area (Å²) in [6.07, 6.45) is -4.92. The van der Waals surface area contributed by atoms with Gasteiger partial charge >= 0.3 is 6.18 Å². The van der Waals surface area contributed by atoms with Gasteiger partial charge in [-0.1, -0.05) is 0 Å². The van der Waals surface area contributed by atoms with Crippen LogP contribution in [-0.2, 0) is 15.8 Å². The molecular formula is C10H8F4N2O3. The van der Waals surface area contributed by atoms with Crippen molar-refractivity contribution in [3.8, 4) is 0 Å². The molecule has 0 aliphatic heterocycles. The average molecular weight is 280 g/mol. The summed E-state index contributed by atoms with van der Waals surface area (Å²) in [5.74, 6) is -3.44. The molecule has 0 aliphatic carbocycles. The lowest BCUT2D eigenvalue weighted by molar-refractivity contribution is -0.140. The number of hydroxylamine groups is 1. The van der Waals surface area contributed by atoms with Crippen LogP contribution in [0.5, 0.6) is 0 Å². The standard InChI is InChI=1S/C10H8F4N2O3/c11-7-2-1-5(3-6(7)10(12,13)14)9(18)16-19-4-8(15)17/h1-3H,4H2,(H2,15,17)(H,16,18). The lowest BCUT2D eigenvalue weighted by Crippen LogP contribution is -2.29. The van der Waals surface area contributed by atoms with Crippen molar-refractivity contribution in [2.24, 2.45) is 5.73 Å². The molecule has 0 heterocycles. The van der Waals surface area contributed by atoms with Gasteiger partial charge in [0.25, 0.3) is 5.91 Å². The number of hydrogen-bond acceptors (Lipinski definition) is 3. The summed E-state index contributed by atoms with van der Waals surface area (Å²) in [5.41, 5.74) is 4.36. The quantitative estimate of drug-likeness (QED) is 0.637. The zero-order chi connectivity index (χ0) is 14.6. The molecule has 19 heavy (non-hydrogen) atoms. The summed E-state index contributed by atoms with van der Waals surface area (Å²) in [6, 6.07) is 1.68. The zero-order valence-corrected chi connectivity index (χ0v) is 9.25. The van der Waals surface area contributed by atoms with Crippen molar-refractivity contribution in [3.05, 3.63) is 35.1 Å². The van der Waals surface area contributed by atoms with Crippen LogP contribution in [0.2, 0.25) is 0 Å². The minimum absolute atomic E-state index is 0.332. The number of primary amides is 1. The third-order valence-electron chi connectivity index (χ3n) is 1.91. The monoisotopic (exact) mass is 280 g/mol. The fourth-order valence-electron chi connectivity index (χ4n) is 1.12. The Morgan fingerprint density at radius 3 is 2.47 bits per heavy atom. The van der Waals surface area contributed by atoms with Crippen molar-refractivity contribution in [1.82, 2.24) is 5.48 Å². The van der Waals surface area contributed by atoms with E-state index in [1.807, 2.05) is 0 Å². The first kappa shape index (κ1) is 14.9. The second kappa shape index (κ2) is 5.65. The lowest BCUT2D eigenvalue weighted by Gasteiger charge is -2.10. The first-order chi connectivity index (χ1) is 8.71. The van der Waals surface area contributed by atoms with Gasteiger partial charge < -0.3 is 5.73 Å². The van der Waals surface area contributed by atoms with Gasteiger partial charge in [-0.3, -0.25) is 14.4 Å². The van der Waals surface area contributed by atoms with E-state index in [1.165, 1.54) is 0 Å². The largest absolute Gasteiger partial charge is 0.419 e. The topological polar surface area (TPSA) is 81.4 Å². The predicted octanol–water partition coefficient (Wildman–Crippen LogP) is 0.991. The second-order valence-electron chi connectivity index (χ2n) is 3.38. The van der Waals surface area contributed by atoms with Crippen LogP contribution in [0.15, 0.2) is 18.2 Å². The summed E-state index contributed by atoms with van der Waals surface area (Å²) in [5, 5.41) is 0. The average Bonchev–Trinajstić information content (AvgIpc) is 2.27. The van der Waals surface area contributed by atoms with Gasteiger partial charge in [0.2, 0.25) is 5.91 Å². The zero-order valence-electron chi connectivity index (χ0n) is 9.25. The molecule has 1 aromatic carbocycles. The molecule has 104 valence electrons. The van der Waals surface area contributed by atoms with Gasteiger partial charge in [0.05, 0.1) is 5.56 Å². The molecule has 2 amide bonds. The molecule has 0 unspecified atom stereocenters. The summed E-state index contributed by atoms with van der Waals surface area (Å²) >= 11 is 0. The van der Waals surface area contributed by atoms with Gasteiger partial charge in [-0.25, -0.2) is 9.87 Å². The molecule has 9 heteroatoms. The molecule has 5 nitrogen and oxygen atoms in total. The Labute approximate surface area is 104 Å². The Balaban J connectivity index is 2.84. The molecular weight excluding hydrogens is 272 g/mol. The number of carbonyl (C=O) groups excluding carboxylic acids is 2. The number of hydrogen-bond donors (Lipinski definition) is 2. The molecule has 0 saturated heterocycles. The number of nitrogens with one attached hydrogen (secondary N) is 1. The van der Waals surface area contributed by atoms with E-state index in [0.29, 0.717) is 12.1 Å². The lowest BCUT2D eigenvalue weighted by atomic mass is 10.1. The van der Waals surface area contributed by atoms with Crippen molar-refractivity contribution < 1.29 is 32.0 Å². The van der Waals surface area contributed by atoms with E-state index in [2.05, 4.69) is 4.84 Å². The highest BCUT2D eigenvalue weighted by atomic mass is 19.4. The highest BCUT2D eigenvalue weighted by Gasteiger charge is 2.34. The number of alkyl halides is 3. The van der Waals surface area contributed by atoms with E-state index >= 15 is 0 Å². The van der Waals surface area contributed by atoms with Gasteiger partial charge in [-0.15, -0.1) is 0 Å². The molecule has 1 aromatic rings. The molecule has 0 radical (unpaired) electrons. The number of carbonyl (C=O) groups is 2. The number of nitrogens with two attached hydrogens (primary N) is 1. The molecule has 0 aliphatic rings. The Morgan fingerprint density at radius 2 is 1.95 bits per heavy atom. The van der Waals surface area contributed by atoms with Crippen LogP contribution in [0, 0.1) is 5.82 Å². The van der Waals surface area contributed by atoms with Crippen molar-refractivity contribution in [1.29, 1.82) is 0 Å². The molecule has 0 aromatic heterocycles. The predicted molar refractivity (Wildman–Crippen MR) is 54.0 cm³/mol. The maximum atomic E-state index is 12.9. The molecule has 0 fully saturated rings. The highest BCUT2D eigenvalue weighted by Crippen LogP contribution is 2.31. The summed E-state index contributed by atoms with van der Waals surface area (Å²) in [4.78, 5) is 26.0. The van der Waals surface area contributed by atoms with Crippen LogP contribution in [0.1, 0.15) is 15.9 Å². The first-order valence-electron chi connectivity index (χ1n) is 4.79. The van der Waals surface area contributed by atoms with E-state index in [9.17, 15) is 27.2 Å². The normalized spacial score (nSPS) is 11.2. The summed E-state index contributed by atoms with van der Waals surface area (Å²) in [7, 11) is 0. The SMILES string of the molecule is NC(=O)CONC(=O)c1ccc(F)c(C(F)(F)F)c1. The van der Waals surface area contributed by atoms with Gasteiger partial charge in [0, 0.05) is 5.56 Å². The van der Waals surface area contributed by atoms with Crippen LogP contribution in [0.3, 0.4) is 0 Å². The van der Waals surface area contributed by atoms with Gasteiger partial charge in [0.15, 0.2) is 6.61 Å². The number of halogens is 4. The van der Waals surface area contributed by atoms with Crippen molar-refractivity contribution in [2.45, 2.75) is 6.18 Å². The van der Waals surface area contributed by atoms with E-state index in [1.54, 1.807) is 5.48 Å². The van der Waals surface area contributed by atoms with Crippen molar-refractivity contribution in [2.75, 3.05) is 6.61 Å². The first-order valence-corrected chi connectivity index (χ1v) is 4.79. The molecule has 1 rings (SSSR count). The summed E-state index contributed by atoms with van der Waals surface area (Å²) < 4.78 is 50.1. The third kappa shape index (κ3) is 4.21. The Morgan fingerprint density at radius 1 is 1.32 bits per heavy atom. The Kier molecular flexibility index (Phi) is 4.43. The van der Waals surface area contributed by atoms with Gasteiger partial charge in [0.1, 0.15) is 5.82 Å². The fraction of sp³-hybridized carbons (Fsp3) is 0.200. The van der Waals surface area contributed by atoms with Gasteiger partial charge in [-0.05, 0) is 18.2 Å².